The lowest BCUT2D eigenvalue weighted by Gasteiger charge is -2.32. The highest BCUT2D eigenvalue weighted by Gasteiger charge is 2.25. The predicted molar refractivity (Wildman–Crippen MR) is 74.0 cm³/mol. The number of nitrogens with one attached hydrogen (secondary N) is 1. The SMILES string of the molecule is CCCNC1CCOCC1Cc1ccc(Cl)s1. The summed E-state index contributed by atoms with van der Waals surface area (Å²) in [5.74, 6) is 0.588. The number of ether oxygens (including phenoxy) is 1. The van der Waals surface area contributed by atoms with Crippen molar-refractivity contribution in [3.63, 3.8) is 0 Å². The van der Waals surface area contributed by atoms with Crippen LogP contribution in [0.4, 0.5) is 0 Å². The van der Waals surface area contributed by atoms with E-state index >= 15 is 0 Å². The van der Waals surface area contributed by atoms with Gasteiger partial charge in [0.2, 0.25) is 0 Å². The quantitative estimate of drug-likeness (QED) is 0.888. The highest BCUT2D eigenvalue weighted by Crippen LogP contribution is 2.27. The van der Waals surface area contributed by atoms with E-state index in [0.29, 0.717) is 12.0 Å². The van der Waals surface area contributed by atoms with Crippen molar-refractivity contribution in [3.05, 3.63) is 21.3 Å². The third-order valence-electron chi connectivity index (χ3n) is 3.22. The van der Waals surface area contributed by atoms with Gasteiger partial charge in [0.15, 0.2) is 0 Å². The van der Waals surface area contributed by atoms with Gasteiger partial charge in [0, 0.05) is 23.4 Å². The van der Waals surface area contributed by atoms with E-state index in [1.54, 1.807) is 11.3 Å². The van der Waals surface area contributed by atoms with Crippen LogP contribution in [-0.4, -0.2) is 25.8 Å². The third kappa shape index (κ3) is 3.95. The summed E-state index contributed by atoms with van der Waals surface area (Å²) < 4.78 is 6.49. The van der Waals surface area contributed by atoms with Crippen LogP contribution in [0.25, 0.3) is 0 Å². The Labute approximate surface area is 112 Å². The van der Waals surface area contributed by atoms with Crippen LogP contribution < -0.4 is 5.32 Å². The van der Waals surface area contributed by atoms with Crippen LogP contribution in [-0.2, 0) is 11.2 Å². The van der Waals surface area contributed by atoms with Crippen molar-refractivity contribution in [3.8, 4) is 0 Å². The Balaban J connectivity index is 1.91. The molecule has 2 heterocycles. The summed E-state index contributed by atoms with van der Waals surface area (Å²) in [5, 5.41) is 3.64. The molecule has 0 aromatic carbocycles. The van der Waals surface area contributed by atoms with Crippen molar-refractivity contribution in [2.45, 2.75) is 32.2 Å². The van der Waals surface area contributed by atoms with Crippen molar-refractivity contribution in [1.29, 1.82) is 0 Å². The van der Waals surface area contributed by atoms with E-state index in [1.165, 1.54) is 11.3 Å². The van der Waals surface area contributed by atoms with Gasteiger partial charge in [-0.1, -0.05) is 18.5 Å². The Morgan fingerprint density at radius 1 is 1.53 bits per heavy atom. The molecule has 0 saturated carbocycles. The van der Waals surface area contributed by atoms with E-state index in [9.17, 15) is 0 Å². The zero-order valence-electron chi connectivity index (χ0n) is 10.2. The van der Waals surface area contributed by atoms with Crippen LogP contribution >= 0.6 is 22.9 Å². The van der Waals surface area contributed by atoms with Crippen LogP contribution in [0.5, 0.6) is 0 Å². The summed E-state index contributed by atoms with van der Waals surface area (Å²) >= 11 is 7.66. The maximum Gasteiger partial charge on any atom is 0.0931 e. The largest absolute Gasteiger partial charge is 0.381 e. The van der Waals surface area contributed by atoms with Gasteiger partial charge in [0.25, 0.3) is 0 Å². The molecule has 1 N–H and O–H groups in total. The summed E-state index contributed by atoms with van der Waals surface area (Å²) in [5.41, 5.74) is 0. The molecular weight excluding hydrogens is 254 g/mol. The average molecular weight is 274 g/mol. The molecule has 1 fully saturated rings. The van der Waals surface area contributed by atoms with E-state index in [2.05, 4.69) is 18.3 Å². The Morgan fingerprint density at radius 2 is 2.41 bits per heavy atom. The lowest BCUT2D eigenvalue weighted by molar-refractivity contribution is 0.0326. The van der Waals surface area contributed by atoms with Gasteiger partial charge < -0.3 is 10.1 Å². The Hall–Kier alpha value is -0.0900. The number of thiophene rings is 1. The molecule has 2 unspecified atom stereocenters. The second kappa shape index (κ2) is 6.74. The van der Waals surface area contributed by atoms with Crippen LogP contribution in [0.3, 0.4) is 0 Å². The van der Waals surface area contributed by atoms with Gasteiger partial charge in [0.05, 0.1) is 10.9 Å². The highest BCUT2D eigenvalue weighted by molar-refractivity contribution is 7.16. The summed E-state index contributed by atoms with van der Waals surface area (Å²) in [6.45, 7) is 5.08. The molecule has 0 radical (unpaired) electrons. The fraction of sp³-hybridized carbons (Fsp3) is 0.692. The zero-order valence-corrected chi connectivity index (χ0v) is 11.8. The van der Waals surface area contributed by atoms with Crippen molar-refractivity contribution in [2.24, 2.45) is 5.92 Å². The zero-order chi connectivity index (χ0) is 12.1. The first-order chi connectivity index (χ1) is 8.29. The molecule has 0 spiro atoms. The van der Waals surface area contributed by atoms with Crippen molar-refractivity contribution in [1.82, 2.24) is 5.32 Å². The lowest BCUT2D eigenvalue weighted by atomic mass is 9.92. The van der Waals surface area contributed by atoms with Crippen molar-refractivity contribution < 1.29 is 4.74 Å². The Bertz CT molecular complexity index is 342. The summed E-state index contributed by atoms with van der Waals surface area (Å²) in [7, 11) is 0. The van der Waals surface area contributed by atoms with Gasteiger partial charge >= 0.3 is 0 Å². The van der Waals surface area contributed by atoms with Crippen molar-refractivity contribution >= 4 is 22.9 Å². The summed E-state index contributed by atoms with van der Waals surface area (Å²) in [6.07, 6.45) is 3.40. The molecule has 2 atom stereocenters. The molecule has 2 nitrogen and oxygen atoms in total. The van der Waals surface area contributed by atoms with E-state index in [-0.39, 0.29) is 0 Å². The first-order valence-corrected chi connectivity index (χ1v) is 7.54. The second-order valence-corrected chi connectivity index (χ2v) is 6.39. The average Bonchev–Trinajstić information content (AvgIpc) is 2.74. The Morgan fingerprint density at radius 3 is 3.12 bits per heavy atom. The molecule has 1 aliphatic rings. The minimum absolute atomic E-state index is 0.588. The molecule has 0 amide bonds. The van der Waals surface area contributed by atoms with Gasteiger partial charge in [-0.15, -0.1) is 11.3 Å². The molecule has 2 rings (SSSR count). The van der Waals surface area contributed by atoms with Crippen LogP contribution in [0.1, 0.15) is 24.6 Å². The normalized spacial score (nSPS) is 25.1. The number of hydrogen-bond acceptors (Lipinski definition) is 3. The topological polar surface area (TPSA) is 21.3 Å². The highest BCUT2D eigenvalue weighted by atomic mass is 35.5. The molecule has 4 heteroatoms. The lowest BCUT2D eigenvalue weighted by Crippen LogP contribution is -2.43. The second-order valence-electron chi connectivity index (χ2n) is 4.59. The number of hydrogen-bond donors (Lipinski definition) is 1. The molecule has 1 saturated heterocycles. The molecule has 0 aliphatic carbocycles. The van der Waals surface area contributed by atoms with Gasteiger partial charge in [-0.25, -0.2) is 0 Å². The molecule has 1 aromatic heterocycles. The molecule has 0 bridgehead atoms. The molecule has 17 heavy (non-hydrogen) atoms. The summed E-state index contributed by atoms with van der Waals surface area (Å²) in [6, 6.07) is 4.72. The molecule has 96 valence electrons. The maximum absolute atomic E-state index is 5.97. The first-order valence-electron chi connectivity index (χ1n) is 6.35. The van der Waals surface area contributed by atoms with Gasteiger partial charge in [-0.2, -0.15) is 0 Å². The van der Waals surface area contributed by atoms with Crippen LogP contribution in [0.2, 0.25) is 4.34 Å². The predicted octanol–water partition coefficient (Wildman–Crippen LogP) is 3.35. The minimum Gasteiger partial charge on any atom is -0.381 e. The van der Waals surface area contributed by atoms with Gasteiger partial charge in [-0.05, 0) is 37.9 Å². The maximum atomic E-state index is 5.97. The standard InChI is InChI=1S/C13H20ClNOS/c1-2-6-15-12-5-7-16-9-10(12)8-11-3-4-13(14)17-11/h3-4,10,12,15H,2,5-9H2,1H3. The molecule has 1 aliphatic heterocycles. The minimum atomic E-state index is 0.588. The monoisotopic (exact) mass is 273 g/mol. The van der Waals surface area contributed by atoms with E-state index < -0.39 is 0 Å². The fourth-order valence-corrected chi connectivity index (χ4v) is 3.50. The van der Waals surface area contributed by atoms with Crippen LogP contribution in [0.15, 0.2) is 12.1 Å². The summed E-state index contributed by atoms with van der Waals surface area (Å²) in [4.78, 5) is 1.37. The molecular formula is C13H20ClNOS. The smallest absolute Gasteiger partial charge is 0.0931 e. The fourth-order valence-electron chi connectivity index (χ4n) is 2.32. The third-order valence-corrected chi connectivity index (χ3v) is 4.48. The van der Waals surface area contributed by atoms with Gasteiger partial charge in [0.1, 0.15) is 0 Å². The number of halogens is 1. The van der Waals surface area contributed by atoms with E-state index in [4.69, 9.17) is 16.3 Å². The van der Waals surface area contributed by atoms with Crippen molar-refractivity contribution in [2.75, 3.05) is 19.8 Å². The molecule has 1 aromatic rings. The van der Waals surface area contributed by atoms with Gasteiger partial charge in [-0.3, -0.25) is 0 Å². The first kappa shape index (κ1) is 13.3. The van der Waals surface area contributed by atoms with E-state index in [1.807, 2.05) is 6.07 Å². The number of rotatable bonds is 5. The van der Waals surface area contributed by atoms with Crippen LogP contribution in [0, 0.1) is 5.92 Å². The van der Waals surface area contributed by atoms with E-state index in [0.717, 1.165) is 36.9 Å². The Kier molecular flexibility index (Phi) is 5.29.